The second-order valence-corrected chi connectivity index (χ2v) is 11.7. The van der Waals surface area contributed by atoms with Crippen molar-refractivity contribution in [2.24, 2.45) is 0 Å². The number of anilines is 2. The molecule has 4 heterocycles. The number of ether oxygens (including phenoxy) is 2. The van der Waals surface area contributed by atoms with Crippen molar-refractivity contribution < 1.29 is 29.3 Å². The molecule has 4 N–H and O–H groups in total. The summed E-state index contributed by atoms with van der Waals surface area (Å²) in [6.45, 7) is 9.23. The van der Waals surface area contributed by atoms with Crippen molar-refractivity contribution in [3.8, 4) is 11.5 Å². The predicted octanol–water partition coefficient (Wildman–Crippen LogP) is 1.60. The van der Waals surface area contributed by atoms with E-state index >= 15 is 0 Å². The largest absolute Gasteiger partial charge is 0.490 e. The summed E-state index contributed by atoms with van der Waals surface area (Å²) in [6.07, 6.45) is 6.33. The van der Waals surface area contributed by atoms with E-state index in [4.69, 9.17) is 9.47 Å². The quantitative estimate of drug-likeness (QED) is 0.545. The van der Waals surface area contributed by atoms with E-state index in [-0.39, 0.29) is 23.9 Å². The van der Waals surface area contributed by atoms with Gasteiger partial charge >= 0.3 is 0 Å². The molecule has 2 aromatic carbocycles. The minimum atomic E-state index is -0.266. The molecule has 0 aliphatic carbocycles. The second kappa shape index (κ2) is 12.6. The fourth-order valence-corrected chi connectivity index (χ4v) is 6.50. The standard InChI is InChI=1S/C31H42FN5O3/c32-24-19-25(35-16-10-33-11-17-35)21-28(20-24)39-26-7-14-37(15-8-26)31(38)23-4-5-30(40-27-6-9-34-22-27)29(18-23)36-12-2-1-3-13-36/h4-5,18-21,26-27,33-34H,1-3,6-17,22H2/p+2/t27-/m0/s1. The van der Waals surface area contributed by atoms with Crippen molar-refractivity contribution in [1.82, 2.24) is 4.90 Å². The Morgan fingerprint density at radius 2 is 1.57 bits per heavy atom. The van der Waals surface area contributed by atoms with Gasteiger partial charge in [-0.25, -0.2) is 4.39 Å². The molecule has 2 aromatic rings. The summed E-state index contributed by atoms with van der Waals surface area (Å²) < 4.78 is 27.1. The molecule has 4 aliphatic heterocycles. The molecule has 0 spiro atoms. The lowest BCUT2D eigenvalue weighted by molar-refractivity contribution is -0.655. The molecule has 0 radical (unpaired) electrons. The van der Waals surface area contributed by atoms with Crippen LogP contribution in [0.4, 0.5) is 15.8 Å². The Morgan fingerprint density at radius 1 is 0.775 bits per heavy atom. The van der Waals surface area contributed by atoms with E-state index in [1.165, 1.54) is 25.3 Å². The Balaban J connectivity index is 1.09. The summed E-state index contributed by atoms with van der Waals surface area (Å²) in [7, 11) is 0. The molecule has 40 heavy (non-hydrogen) atoms. The summed E-state index contributed by atoms with van der Waals surface area (Å²) in [5, 5.41) is 4.59. The van der Waals surface area contributed by atoms with Crippen LogP contribution >= 0.6 is 0 Å². The van der Waals surface area contributed by atoms with Crippen molar-refractivity contribution in [1.29, 1.82) is 0 Å². The van der Waals surface area contributed by atoms with Gasteiger partial charge in [0.2, 0.25) is 0 Å². The number of carbonyl (C=O) groups is 1. The SMILES string of the molecule is O=C(c1ccc(O[C@H]2CC[NH2+]C2)c(N2CCCCC2)c1)N1CCC(Oc2cc(F)cc(N3CC[NH2+]CC3)c2)CC1. The molecule has 1 amide bonds. The number of quaternary nitrogens is 2. The Kier molecular flexibility index (Phi) is 8.58. The van der Waals surface area contributed by atoms with E-state index in [0.29, 0.717) is 18.8 Å². The van der Waals surface area contributed by atoms with Gasteiger partial charge in [0.1, 0.15) is 30.0 Å². The van der Waals surface area contributed by atoms with Gasteiger partial charge in [0.25, 0.3) is 5.91 Å². The van der Waals surface area contributed by atoms with Crippen LogP contribution in [0.15, 0.2) is 36.4 Å². The molecule has 4 fully saturated rings. The van der Waals surface area contributed by atoms with Gasteiger partial charge in [-0.2, -0.15) is 0 Å². The first kappa shape index (κ1) is 27.1. The van der Waals surface area contributed by atoms with Gasteiger partial charge in [0.15, 0.2) is 6.10 Å². The van der Waals surface area contributed by atoms with Gasteiger partial charge in [0, 0.05) is 68.8 Å². The average molecular weight is 554 g/mol. The van der Waals surface area contributed by atoms with Crippen molar-refractivity contribution >= 4 is 17.3 Å². The van der Waals surface area contributed by atoms with E-state index in [9.17, 15) is 9.18 Å². The molecule has 1 atom stereocenters. The zero-order valence-corrected chi connectivity index (χ0v) is 23.5. The maximum Gasteiger partial charge on any atom is 0.253 e. The Labute approximate surface area is 236 Å². The third-order valence-electron chi connectivity index (χ3n) is 8.78. The van der Waals surface area contributed by atoms with Crippen LogP contribution in [0.1, 0.15) is 48.9 Å². The summed E-state index contributed by atoms with van der Waals surface area (Å²) in [5.41, 5.74) is 2.67. The van der Waals surface area contributed by atoms with Gasteiger partial charge in [-0.3, -0.25) is 4.79 Å². The number of likely N-dealkylation sites (tertiary alicyclic amines) is 1. The highest BCUT2D eigenvalue weighted by Gasteiger charge is 2.28. The number of piperidine rings is 2. The second-order valence-electron chi connectivity index (χ2n) is 11.7. The van der Waals surface area contributed by atoms with Crippen molar-refractivity contribution in [3.05, 3.63) is 47.8 Å². The molecular weight excluding hydrogens is 509 g/mol. The minimum Gasteiger partial charge on any atom is -0.490 e. The number of nitrogens with zero attached hydrogens (tertiary/aromatic N) is 3. The van der Waals surface area contributed by atoms with Gasteiger partial charge < -0.3 is 34.8 Å². The summed E-state index contributed by atoms with van der Waals surface area (Å²) in [4.78, 5) is 20.1. The van der Waals surface area contributed by atoms with Gasteiger partial charge in [0.05, 0.1) is 38.4 Å². The van der Waals surface area contributed by atoms with Crippen LogP contribution in [-0.4, -0.2) is 88.5 Å². The number of hydrogen-bond acceptors (Lipinski definition) is 5. The first-order chi connectivity index (χ1) is 19.6. The summed E-state index contributed by atoms with van der Waals surface area (Å²) >= 11 is 0. The topological polar surface area (TPSA) is 78.5 Å². The van der Waals surface area contributed by atoms with Crippen LogP contribution in [0.2, 0.25) is 0 Å². The molecule has 0 unspecified atom stereocenters. The fourth-order valence-electron chi connectivity index (χ4n) is 6.50. The molecule has 0 aromatic heterocycles. The molecule has 0 bridgehead atoms. The molecular formula is C31H44FN5O3+2. The number of carbonyl (C=O) groups excluding carboxylic acids is 1. The number of piperazine rings is 1. The Bertz CT molecular complexity index is 1150. The van der Waals surface area contributed by atoms with E-state index in [1.807, 2.05) is 23.1 Å². The van der Waals surface area contributed by atoms with Crippen LogP contribution in [0.25, 0.3) is 0 Å². The third kappa shape index (κ3) is 6.47. The molecule has 4 aliphatic rings. The maximum atomic E-state index is 14.4. The first-order valence-electron chi connectivity index (χ1n) is 15.3. The van der Waals surface area contributed by atoms with E-state index in [2.05, 4.69) is 26.5 Å². The Morgan fingerprint density at radius 3 is 2.33 bits per heavy atom. The zero-order valence-electron chi connectivity index (χ0n) is 23.5. The van der Waals surface area contributed by atoms with E-state index in [1.54, 1.807) is 6.07 Å². The molecule has 4 saturated heterocycles. The highest BCUT2D eigenvalue weighted by molar-refractivity contribution is 5.95. The average Bonchev–Trinajstić information content (AvgIpc) is 3.51. The molecule has 216 valence electrons. The first-order valence-corrected chi connectivity index (χ1v) is 15.3. The van der Waals surface area contributed by atoms with Gasteiger partial charge in [-0.1, -0.05) is 0 Å². The van der Waals surface area contributed by atoms with Gasteiger partial charge in [-0.15, -0.1) is 0 Å². The third-order valence-corrected chi connectivity index (χ3v) is 8.78. The highest BCUT2D eigenvalue weighted by atomic mass is 19.1. The number of hydrogen-bond donors (Lipinski definition) is 2. The van der Waals surface area contributed by atoms with Crippen LogP contribution in [0, 0.1) is 5.82 Å². The highest BCUT2D eigenvalue weighted by Crippen LogP contribution is 2.34. The lowest BCUT2D eigenvalue weighted by Crippen LogP contribution is -2.89. The summed E-state index contributed by atoms with van der Waals surface area (Å²) in [6, 6.07) is 11.0. The minimum absolute atomic E-state index is 0.0312. The number of nitrogens with two attached hydrogens (primary N) is 2. The van der Waals surface area contributed by atoms with Crippen LogP contribution in [0.5, 0.6) is 11.5 Å². The van der Waals surface area contributed by atoms with E-state index < -0.39 is 0 Å². The predicted molar refractivity (Wildman–Crippen MR) is 153 cm³/mol. The summed E-state index contributed by atoms with van der Waals surface area (Å²) in [5.74, 6) is 1.28. The monoisotopic (exact) mass is 553 g/mol. The normalized spacial score (nSPS) is 22.4. The van der Waals surface area contributed by atoms with Crippen LogP contribution in [0.3, 0.4) is 0 Å². The lowest BCUT2D eigenvalue weighted by atomic mass is 10.0. The Hall–Kier alpha value is -3.04. The van der Waals surface area contributed by atoms with E-state index in [0.717, 1.165) is 94.3 Å². The van der Waals surface area contributed by atoms with Crippen molar-refractivity contribution in [3.63, 3.8) is 0 Å². The van der Waals surface area contributed by atoms with Crippen molar-refractivity contribution in [2.75, 3.05) is 75.2 Å². The van der Waals surface area contributed by atoms with Gasteiger partial charge in [-0.05, 0) is 43.5 Å². The smallest absolute Gasteiger partial charge is 0.253 e. The van der Waals surface area contributed by atoms with Crippen LogP contribution < -0.4 is 29.9 Å². The zero-order chi connectivity index (χ0) is 27.3. The number of rotatable bonds is 7. The molecule has 6 rings (SSSR count). The number of benzene rings is 2. The van der Waals surface area contributed by atoms with Crippen LogP contribution in [-0.2, 0) is 0 Å². The molecule has 8 nitrogen and oxygen atoms in total. The number of halogens is 1. The molecule has 0 saturated carbocycles. The van der Waals surface area contributed by atoms with Crippen molar-refractivity contribution in [2.45, 2.75) is 50.7 Å². The maximum absolute atomic E-state index is 14.4. The fraction of sp³-hybridized carbons (Fsp3) is 0.581. The number of amides is 1. The molecule has 9 heteroatoms. The lowest BCUT2D eigenvalue weighted by Gasteiger charge is -2.34.